The van der Waals surface area contributed by atoms with E-state index in [1.165, 1.54) is 31.4 Å². The van der Waals surface area contributed by atoms with E-state index in [0.717, 1.165) is 11.3 Å². The Bertz CT molecular complexity index is 1050. The summed E-state index contributed by atoms with van der Waals surface area (Å²) in [5.41, 5.74) is 1.47. The highest BCUT2D eigenvalue weighted by molar-refractivity contribution is 7.89. The van der Waals surface area contributed by atoms with Crippen molar-refractivity contribution in [3.63, 3.8) is 0 Å². The summed E-state index contributed by atoms with van der Waals surface area (Å²) in [4.78, 5) is 35.5. The first-order chi connectivity index (χ1) is 15.8. The fraction of sp³-hybridized carbons (Fsp3) is 0.391. The van der Waals surface area contributed by atoms with E-state index in [-0.39, 0.29) is 16.7 Å². The van der Waals surface area contributed by atoms with Gasteiger partial charge in [-0.3, -0.25) is 14.4 Å². The molecule has 3 rings (SSSR count). The lowest BCUT2D eigenvalue weighted by molar-refractivity contribution is -0.131. The average Bonchev–Trinajstić information content (AvgIpc) is 3.09. The first-order valence-corrected chi connectivity index (χ1v) is 12.2. The molecular weight excluding hydrogens is 446 g/mol. The van der Waals surface area contributed by atoms with Gasteiger partial charge < -0.3 is 14.5 Å². The number of ether oxygens (including phenoxy) is 1. The Morgan fingerprint density at radius 3 is 2.18 bits per heavy atom. The van der Waals surface area contributed by atoms with E-state index >= 15 is 0 Å². The number of carbonyl (C=O) groups is 2. The normalized spacial score (nSPS) is 14.6. The number of hydrogen-bond donors (Lipinski definition) is 1. The van der Waals surface area contributed by atoms with Crippen LogP contribution in [0.25, 0.3) is 0 Å². The van der Waals surface area contributed by atoms with Gasteiger partial charge in [0.2, 0.25) is 5.91 Å². The summed E-state index contributed by atoms with van der Waals surface area (Å²) in [7, 11) is -0.950. The van der Waals surface area contributed by atoms with Crippen molar-refractivity contribution in [1.29, 1.82) is 0 Å². The number of rotatable bonds is 8. The summed E-state index contributed by atoms with van der Waals surface area (Å²) in [6.07, 6.45) is 1.74. The molecule has 0 atom stereocenters. The molecule has 0 spiro atoms. The fourth-order valence-corrected chi connectivity index (χ4v) is 4.50. The highest BCUT2D eigenvalue weighted by Gasteiger charge is 2.23. The summed E-state index contributed by atoms with van der Waals surface area (Å²) < 4.78 is 29.1. The van der Waals surface area contributed by atoms with Gasteiger partial charge >= 0.3 is 0 Å². The van der Waals surface area contributed by atoms with Gasteiger partial charge in [0, 0.05) is 38.2 Å². The molecule has 0 aliphatic carbocycles. The SMILES string of the molecule is CONS(=O)(=O)c1ccc(C(=O)N2CCCN(C(=O)CCc3ccc(OC)cc3)CC2)cc1. The lowest BCUT2D eigenvalue weighted by Crippen LogP contribution is -2.37. The molecule has 9 nitrogen and oxygen atoms in total. The summed E-state index contributed by atoms with van der Waals surface area (Å²) in [5, 5.41) is 0. The monoisotopic (exact) mass is 475 g/mol. The Morgan fingerprint density at radius 2 is 1.55 bits per heavy atom. The second kappa shape index (κ2) is 11.3. The molecule has 1 aliphatic rings. The first-order valence-electron chi connectivity index (χ1n) is 10.7. The van der Waals surface area contributed by atoms with Crippen LogP contribution in [0.3, 0.4) is 0 Å². The van der Waals surface area contributed by atoms with Crippen molar-refractivity contribution in [1.82, 2.24) is 14.7 Å². The van der Waals surface area contributed by atoms with Crippen molar-refractivity contribution in [2.24, 2.45) is 0 Å². The molecule has 0 unspecified atom stereocenters. The smallest absolute Gasteiger partial charge is 0.262 e. The number of amides is 2. The minimum absolute atomic E-state index is 0.00500. The summed E-state index contributed by atoms with van der Waals surface area (Å²) in [6.45, 7) is 2.03. The van der Waals surface area contributed by atoms with Crippen LogP contribution in [0.15, 0.2) is 53.4 Å². The Hall–Kier alpha value is -2.95. The number of methoxy groups -OCH3 is 1. The molecule has 2 amide bonds. The number of carbonyl (C=O) groups excluding carboxylic acids is 2. The molecule has 10 heteroatoms. The van der Waals surface area contributed by atoms with E-state index in [9.17, 15) is 18.0 Å². The quantitative estimate of drug-likeness (QED) is 0.584. The van der Waals surface area contributed by atoms with Crippen LogP contribution in [0, 0.1) is 0 Å². The fourth-order valence-electron chi connectivity index (χ4n) is 3.69. The number of benzene rings is 2. The third-order valence-electron chi connectivity index (χ3n) is 5.53. The molecule has 33 heavy (non-hydrogen) atoms. The third kappa shape index (κ3) is 6.53. The molecule has 1 heterocycles. The maximum atomic E-state index is 12.9. The average molecular weight is 476 g/mol. The van der Waals surface area contributed by atoms with Crippen LogP contribution in [-0.4, -0.2) is 70.4 Å². The molecule has 1 saturated heterocycles. The lowest BCUT2D eigenvalue weighted by atomic mass is 10.1. The third-order valence-corrected chi connectivity index (χ3v) is 6.81. The van der Waals surface area contributed by atoms with Gasteiger partial charge in [-0.15, -0.1) is 0 Å². The van der Waals surface area contributed by atoms with Crippen molar-refractivity contribution >= 4 is 21.8 Å². The molecule has 0 aromatic heterocycles. The first kappa shape index (κ1) is 24.7. The van der Waals surface area contributed by atoms with E-state index in [4.69, 9.17) is 4.74 Å². The Morgan fingerprint density at radius 1 is 0.909 bits per heavy atom. The minimum Gasteiger partial charge on any atom is -0.497 e. The molecule has 2 aromatic rings. The molecule has 1 fully saturated rings. The highest BCUT2D eigenvalue weighted by Crippen LogP contribution is 2.16. The number of sulfonamides is 1. The van der Waals surface area contributed by atoms with Gasteiger partial charge in [-0.1, -0.05) is 17.0 Å². The standard InChI is InChI=1S/C23H29N3O6S/c1-31-20-9-4-18(5-10-20)6-13-22(27)25-14-3-15-26(17-16-25)23(28)19-7-11-21(12-8-19)33(29,30)24-32-2/h4-5,7-12,24H,3,6,13-17H2,1-2H3. The van der Waals surface area contributed by atoms with E-state index in [2.05, 4.69) is 4.84 Å². The molecule has 2 aromatic carbocycles. The van der Waals surface area contributed by atoms with Crippen molar-refractivity contribution in [3.8, 4) is 5.75 Å². The number of nitrogens with one attached hydrogen (secondary N) is 1. The molecule has 1 N–H and O–H groups in total. The van der Waals surface area contributed by atoms with E-state index in [1.807, 2.05) is 34.1 Å². The lowest BCUT2D eigenvalue weighted by Gasteiger charge is -2.22. The zero-order chi connectivity index (χ0) is 23.8. The van der Waals surface area contributed by atoms with Gasteiger partial charge in [-0.25, -0.2) is 8.42 Å². The molecule has 0 radical (unpaired) electrons. The summed E-state index contributed by atoms with van der Waals surface area (Å²) in [6, 6.07) is 13.4. The van der Waals surface area contributed by atoms with Gasteiger partial charge in [0.05, 0.1) is 19.1 Å². The number of nitrogens with zero attached hydrogens (tertiary/aromatic N) is 2. The number of aryl methyl sites for hydroxylation is 1. The minimum atomic E-state index is -3.78. The Kier molecular flexibility index (Phi) is 8.43. The molecule has 0 bridgehead atoms. The second-order valence-corrected chi connectivity index (χ2v) is 9.33. The van der Waals surface area contributed by atoms with Crippen LogP contribution in [0.2, 0.25) is 0 Å². The van der Waals surface area contributed by atoms with Gasteiger partial charge in [0.15, 0.2) is 0 Å². The van der Waals surface area contributed by atoms with Crippen LogP contribution < -0.4 is 9.62 Å². The maximum absolute atomic E-state index is 12.9. The van der Waals surface area contributed by atoms with Crippen molar-refractivity contribution in [2.45, 2.75) is 24.2 Å². The maximum Gasteiger partial charge on any atom is 0.262 e. The van der Waals surface area contributed by atoms with Gasteiger partial charge in [-0.05, 0) is 54.8 Å². The van der Waals surface area contributed by atoms with E-state index in [1.54, 1.807) is 12.0 Å². The van der Waals surface area contributed by atoms with Gasteiger partial charge in [0.1, 0.15) is 5.75 Å². The summed E-state index contributed by atoms with van der Waals surface area (Å²) in [5.74, 6) is 0.664. The largest absolute Gasteiger partial charge is 0.497 e. The van der Waals surface area contributed by atoms with E-state index in [0.29, 0.717) is 51.0 Å². The molecule has 0 saturated carbocycles. The van der Waals surface area contributed by atoms with Crippen molar-refractivity contribution in [3.05, 3.63) is 59.7 Å². The van der Waals surface area contributed by atoms with Crippen LogP contribution >= 0.6 is 0 Å². The van der Waals surface area contributed by atoms with Gasteiger partial charge in [-0.2, -0.15) is 0 Å². The van der Waals surface area contributed by atoms with Crippen LogP contribution in [0.5, 0.6) is 5.75 Å². The Labute approximate surface area is 194 Å². The number of hydrogen-bond acceptors (Lipinski definition) is 6. The topological polar surface area (TPSA) is 105 Å². The molecule has 178 valence electrons. The molecular formula is C23H29N3O6S. The molecule has 1 aliphatic heterocycles. The van der Waals surface area contributed by atoms with Crippen LogP contribution in [0.1, 0.15) is 28.8 Å². The predicted molar refractivity (Wildman–Crippen MR) is 122 cm³/mol. The zero-order valence-corrected chi connectivity index (χ0v) is 19.6. The van der Waals surface area contributed by atoms with Crippen LogP contribution in [-0.2, 0) is 26.1 Å². The summed E-state index contributed by atoms with van der Waals surface area (Å²) >= 11 is 0. The Balaban J connectivity index is 1.54. The zero-order valence-electron chi connectivity index (χ0n) is 18.8. The predicted octanol–water partition coefficient (Wildman–Crippen LogP) is 1.84. The van der Waals surface area contributed by atoms with Crippen molar-refractivity contribution in [2.75, 3.05) is 40.4 Å². The van der Waals surface area contributed by atoms with Gasteiger partial charge in [0.25, 0.3) is 15.9 Å². The highest BCUT2D eigenvalue weighted by atomic mass is 32.2. The van der Waals surface area contributed by atoms with Crippen molar-refractivity contribution < 1.29 is 27.6 Å². The van der Waals surface area contributed by atoms with E-state index < -0.39 is 10.0 Å². The second-order valence-electron chi connectivity index (χ2n) is 7.69. The van der Waals surface area contributed by atoms with Crippen LogP contribution in [0.4, 0.5) is 0 Å².